The van der Waals surface area contributed by atoms with Crippen molar-refractivity contribution < 1.29 is 23.7 Å². The van der Waals surface area contributed by atoms with Gasteiger partial charge in [-0.25, -0.2) is 9.36 Å². The van der Waals surface area contributed by atoms with E-state index in [-0.39, 0.29) is 0 Å². The molecule has 0 aliphatic rings. The van der Waals surface area contributed by atoms with Gasteiger partial charge in [-0.1, -0.05) is 13.8 Å². The van der Waals surface area contributed by atoms with E-state index in [1.165, 1.54) is 0 Å². The van der Waals surface area contributed by atoms with Gasteiger partial charge in [0.2, 0.25) is 0 Å². The molecule has 0 heterocycles. The second kappa shape index (κ2) is 12.3. The molecule has 88 valence electrons. The van der Waals surface area contributed by atoms with Gasteiger partial charge in [-0.3, -0.25) is 9.79 Å². The van der Waals surface area contributed by atoms with Crippen LogP contribution in [0.15, 0.2) is 0 Å². The minimum atomic E-state index is -4.70. The molecule has 0 unspecified atom stereocenters. The fourth-order valence-corrected chi connectivity index (χ4v) is 0.352. The summed E-state index contributed by atoms with van der Waals surface area (Å²) in [7, 11) is -4.70. The number of hydrogen-bond acceptors (Lipinski definition) is 5. The molecular formula is C5H18N3O5P. The Labute approximate surface area is 82.6 Å². The summed E-state index contributed by atoms with van der Waals surface area (Å²) in [6, 6.07) is 0. The smallest absolute Gasteiger partial charge is 0.354 e. The fraction of sp³-hybridized carbons (Fsp3) is 0.800. The zero-order valence-corrected chi connectivity index (χ0v) is 9.11. The number of primary amides is 1. The Morgan fingerprint density at radius 1 is 1.29 bits per heavy atom. The maximum Gasteiger partial charge on any atom is 0.528 e. The van der Waals surface area contributed by atoms with E-state index < -0.39 is 13.9 Å². The van der Waals surface area contributed by atoms with Gasteiger partial charge in [-0.2, -0.15) is 0 Å². The number of phosphoric ester groups is 1. The molecule has 0 aliphatic carbocycles. The molecular weight excluding hydrogens is 213 g/mol. The van der Waals surface area contributed by atoms with E-state index in [0.717, 1.165) is 13.1 Å². The van der Waals surface area contributed by atoms with E-state index in [0.29, 0.717) is 0 Å². The van der Waals surface area contributed by atoms with Crippen LogP contribution in [-0.4, -0.2) is 29.0 Å². The monoisotopic (exact) mass is 231 g/mol. The quantitative estimate of drug-likeness (QED) is 0.365. The van der Waals surface area contributed by atoms with Gasteiger partial charge in [0.25, 0.3) is 0 Å². The standard InChI is InChI=1S/2C2H7N.CH4NO5P/c2*1-2-3;2-1(3)7-8(4,5)6/h2*2-3H2,1H3;(H2,2,3)(H2,4,5,6). The summed E-state index contributed by atoms with van der Waals surface area (Å²) >= 11 is 0. The van der Waals surface area contributed by atoms with Crippen molar-refractivity contribution in [1.82, 2.24) is 0 Å². The van der Waals surface area contributed by atoms with E-state index >= 15 is 0 Å². The third-order valence-electron chi connectivity index (χ3n) is 0.209. The first-order chi connectivity index (χ1) is 6.24. The Balaban J connectivity index is -0.000000168. The Hall–Kier alpha value is -0.660. The number of carbonyl (C=O) groups excluding carboxylic acids is 1. The Kier molecular flexibility index (Phi) is 16.7. The lowest BCUT2D eigenvalue weighted by Crippen LogP contribution is -2.10. The van der Waals surface area contributed by atoms with E-state index in [1.54, 1.807) is 0 Å². The third-order valence-corrected chi connectivity index (χ3v) is 0.627. The van der Waals surface area contributed by atoms with Gasteiger partial charge in [0.1, 0.15) is 0 Å². The molecule has 0 fully saturated rings. The first-order valence-electron chi connectivity index (χ1n) is 3.69. The molecule has 0 rings (SSSR count). The fourth-order valence-electron chi connectivity index (χ4n) is 0.117. The molecule has 8 nitrogen and oxygen atoms in total. The number of carbonyl (C=O) groups is 1. The predicted octanol–water partition coefficient (Wildman–Crippen LogP) is -0.896. The maximum atomic E-state index is 9.61. The van der Waals surface area contributed by atoms with Gasteiger partial charge < -0.3 is 21.7 Å². The average Bonchev–Trinajstić information content (AvgIpc) is 1.83. The zero-order valence-electron chi connectivity index (χ0n) is 8.21. The summed E-state index contributed by atoms with van der Waals surface area (Å²) in [5.74, 6) is 0. The minimum Gasteiger partial charge on any atom is -0.354 e. The molecule has 1 amide bonds. The molecule has 0 spiro atoms. The molecule has 0 radical (unpaired) electrons. The highest BCUT2D eigenvalue weighted by Gasteiger charge is 2.17. The van der Waals surface area contributed by atoms with Crippen LogP contribution in [0.25, 0.3) is 0 Å². The number of phosphoric acid groups is 1. The normalized spacial score (nSPS) is 8.71. The Morgan fingerprint density at radius 2 is 1.50 bits per heavy atom. The van der Waals surface area contributed by atoms with Crippen LogP contribution in [0.2, 0.25) is 0 Å². The van der Waals surface area contributed by atoms with E-state index in [2.05, 4.69) is 10.3 Å². The van der Waals surface area contributed by atoms with Crippen LogP contribution >= 0.6 is 7.82 Å². The van der Waals surface area contributed by atoms with Crippen LogP contribution in [0, 0.1) is 0 Å². The van der Waals surface area contributed by atoms with Crippen molar-refractivity contribution in [3.05, 3.63) is 0 Å². The summed E-state index contributed by atoms with van der Waals surface area (Å²) in [4.78, 5) is 25.1. The lowest BCUT2D eigenvalue weighted by atomic mass is 10.8. The van der Waals surface area contributed by atoms with Crippen molar-refractivity contribution in [2.45, 2.75) is 13.8 Å². The van der Waals surface area contributed by atoms with Gasteiger partial charge >= 0.3 is 13.9 Å². The summed E-state index contributed by atoms with van der Waals surface area (Å²) < 4.78 is 12.9. The van der Waals surface area contributed by atoms with Crippen LogP contribution in [-0.2, 0) is 9.09 Å². The van der Waals surface area contributed by atoms with Crippen LogP contribution in [0.5, 0.6) is 0 Å². The molecule has 9 heteroatoms. The highest BCUT2D eigenvalue weighted by molar-refractivity contribution is 7.46. The summed E-state index contributed by atoms with van der Waals surface area (Å²) in [6.45, 7) is 5.31. The van der Waals surface area contributed by atoms with Crippen LogP contribution in [0.1, 0.15) is 13.8 Å². The second-order valence-electron chi connectivity index (χ2n) is 1.72. The zero-order chi connectivity index (χ0) is 12.2. The van der Waals surface area contributed by atoms with Crippen LogP contribution in [0.4, 0.5) is 4.79 Å². The Bertz CT molecular complexity index is 169. The first-order valence-corrected chi connectivity index (χ1v) is 5.22. The number of rotatable bonds is 1. The van der Waals surface area contributed by atoms with Crippen molar-refractivity contribution in [2.75, 3.05) is 13.1 Å². The average molecular weight is 231 g/mol. The molecule has 0 saturated carbocycles. The number of amides is 1. The molecule has 0 aromatic carbocycles. The van der Waals surface area contributed by atoms with Gasteiger partial charge in [0.15, 0.2) is 0 Å². The maximum absolute atomic E-state index is 9.61. The SMILES string of the molecule is CCN.CCN.NC(=O)OP(=O)(O)O. The van der Waals surface area contributed by atoms with E-state index in [4.69, 9.17) is 21.3 Å². The van der Waals surface area contributed by atoms with Gasteiger partial charge in [-0.15, -0.1) is 0 Å². The molecule has 0 aliphatic heterocycles. The molecule has 0 saturated heterocycles. The van der Waals surface area contributed by atoms with Crippen LogP contribution < -0.4 is 17.2 Å². The molecule has 8 N–H and O–H groups in total. The van der Waals surface area contributed by atoms with E-state index in [9.17, 15) is 9.36 Å². The molecule has 14 heavy (non-hydrogen) atoms. The predicted molar refractivity (Wildman–Crippen MR) is 52.2 cm³/mol. The van der Waals surface area contributed by atoms with Crippen molar-refractivity contribution in [2.24, 2.45) is 17.2 Å². The largest absolute Gasteiger partial charge is 0.528 e. The lowest BCUT2D eigenvalue weighted by molar-refractivity contribution is 0.185. The molecule has 0 aromatic heterocycles. The summed E-state index contributed by atoms with van der Waals surface area (Å²) in [5, 5.41) is 0. The van der Waals surface area contributed by atoms with Crippen LogP contribution in [0.3, 0.4) is 0 Å². The topological polar surface area (TPSA) is 162 Å². The van der Waals surface area contributed by atoms with Gasteiger partial charge in [0, 0.05) is 0 Å². The number of nitrogens with two attached hydrogens (primary N) is 3. The summed E-state index contributed by atoms with van der Waals surface area (Å²) in [6.07, 6.45) is -1.49. The molecule has 0 atom stereocenters. The molecule has 0 bridgehead atoms. The minimum absolute atomic E-state index is 0.750. The van der Waals surface area contributed by atoms with Gasteiger partial charge in [0.05, 0.1) is 0 Å². The van der Waals surface area contributed by atoms with Crippen molar-refractivity contribution in [3.63, 3.8) is 0 Å². The Morgan fingerprint density at radius 3 is 1.50 bits per heavy atom. The number of hydrogen-bond donors (Lipinski definition) is 5. The van der Waals surface area contributed by atoms with Crippen molar-refractivity contribution in [3.8, 4) is 0 Å². The first kappa shape index (κ1) is 19.0. The van der Waals surface area contributed by atoms with Crippen molar-refractivity contribution >= 4 is 13.9 Å². The lowest BCUT2D eigenvalue weighted by Gasteiger charge is -1.98. The molecule has 0 aromatic rings. The van der Waals surface area contributed by atoms with Gasteiger partial charge in [-0.05, 0) is 13.1 Å². The van der Waals surface area contributed by atoms with E-state index in [1.807, 2.05) is 13.8 Å². The highest BCUT2D eigenvalue weighted by atomic mass is 31.2. The second-order valence-corrected chi connectivity index (χ2v) is 2.88. The third kappa shape index (κ3) is 64.4. The highest BCUT2D eigenvalue weighted by Crippen LogP contribution is 2.35. The van der Waals surface area contributed by atoms with Crippen molar-refractivity contribution in [1.29, 1.82) is 0 Å². The summed E-state index contributed by atoms with van der Waals surface area (Å²) in [5.41, 5.74) is 13.9.